The number of hydrogen-bond donors (Lipinski definition) is 2. The first-order chi connectivity index (χ1) is 8.63. The topological polar surface area (TPSA) is 75.8 Å². The third-order valence-electron chi connectivity index (χ3n) is 2.73. The van der Waals surface area contributed by atoms with Gasteiger partial charge in [-0.15, -0.1) is 0 Å². The SMILES string of the molecule is CCN(CCCO)c1ccc(N)cc1C(=O)OC. The monoisotopic (exact) mass is 252 g/mol. The Morgan fingerprint density at radius 3 is 2.78 bits per heavy atom. The van der Waals surface area contributed by atoms with Gasteiger partial charge in [-0.1, -0.05) is 0 Å². The highest BCUT2D eigenvalue weighted by Gasteiger charge is 2.16. The molecule has 0 heterocycles. The van der Waals surface area contributed by atoms with Gasteiger partial charge in [0, 0.05) is 25.4 Å². The molecule has 18 heavy (non-hydrogen) atoms. The molecule has 100 valence electrons. The number of esters is 1. The quantitative estimate of drug-likeness (QED) is 0.589. The molecule has 0 bridgehead atoms. The maximum Gasteiger partial charge on any atom is 0.340 e. The summed E-state index contributed by atoms with van der Waals surface area (Å²) in [6.45, 7) is 3.54. The fourth-order valence-electron chi connectivity index (χ4n) is 1.81. The molecule has 0 atom stereocenters. The van der Waals surface area contributed by atoms with Crippen molar-refractivity contribution in [1.29, 1.82) is 0 Å². The van der Waals surface area contributed by atoms with Crippen molar-refractivity contribution in [3.8, 4) is 0 Å². The van der Waals surface area contributed by atoms with Gasteiger partial charge in [-0.25, -0.2) is 4.79 Å². The molecule has 0 aliphatic rings. The standard InChI is InChI=1S/C13H20N2O3/c1-3-15(7-4-8-16)12-6-5-10(14)9-11(12)13(17)18-2/h5-6,9,16H,3-4,7-8,14H2,1-2H3. The maximum absolute atomic E-state index is 11.7. The first-order valence-corrected chi connectivity index (χ1v) is 5.97. The zero-order valence-corrected chi connectivity index (χ0v) is 10.8. The summed E-state index contributed by atoms with van der Waals surface area (Å²) in [4.78, 5) is 13.7. The number of anilines is 2. The molecule has 5 nitrogen and oxygen atoms in total. The molecule has 0 aliphatic carbocycles. The van der Waals surface area contributed by atoms with Gasteiger partial charge in [-0.2, -0.15) is 0 Å². The fraction of sp³-hybridized carbons (Fsp3) is 0.462. The van der Waals surface area contributed by atoms with Gasteiger partial charge in [-0.05, 0) is 31.5 Å². The molecule has 0 aromatic heterocycles. The van der Waals surface area contributed by atoms with Crippen molar-refractivity contribution in [2.45, 2.75) is 13.3 Å². The predicted molar refractivity (Wildman–Crippen MR) is 71.8 cm³/mol. The molecule has 5 heteroatoms. The molecule has 0 saturated carbocycles. The number of hydrogen-bond acceptors (Lipinski definition) is 5. The van der Waals surface area contributed by atoms with E-state index in [1.165, 1.54) is 7.11 Å². The molecule has 3 N–H and O–H groups in total. The normalized spacial score (nSPS) is 10.2. The lowest BCUT2D eigenvalue weighted by Crippen LogP contribution is -2.26. The maximum atomic E-state index is 11.7. The molecule has 0 radical (unpaired) electrons. The number of nitrogen functional groups attached to an aromatic ring is 1. The molecule has 0 aliphatic heterocycles. The highest BCUT2D eigenvalue weighted by atomic mass is 16.5. The second-order valence-electron chi connectivity index (χ2n) is 3.92. The largest absolute Gasteiger partial charge is 0.465 e. The number of methoxy groups -OCH3 is 1. The van der Waals surface area contributed by atoms with Crippen LogP contribution >= 0.6 is 0 Å². The van der Waals surface area contributed by atoms with Gasteiger partial charge in [0.2, 0.25) is 0 Å². The van der Waals surface area contributed by atoms with Crippen molar-refractivity contribution >= 4 is 17.3 Å². The molecular formula is C13H20N2O3. The number of carbonyl (C=O) groups is 1. The molecule has 0 saturated heterocycles. The summed E-state index contributed by atoms with van der Waals surface area (Å²) in [6.07, 6.45) is 0.652. The number of benzene rings is 1. The van der Waals surface area contributed by atoms with Crippen molar-refractivity contribution in [3.63, 3.8) is 0 Å². The van der Waals surface area contributed by atoms with Crippen LogP contribution in [-0.4, -0.2) is 37.9 Å². The van der Waals surface area contributed by atoms with Crippen molar-refractivity contribution in [1.82, 2.24) is 0 Å². The van der Waals surface area contributed by atoms with Crippen molar-refractivity contribution in [2.24, 2.45) is 0 Å². The lowest BCUT2D eigenvalue weighted by molar-refractivity contribution is 0.0601. The summed E-state index contributed by atoms with van der Waals surface area (Å²) in [5.74, 6) is -0.403. The van der Waals surface area contributed by atoms with Crippen molar-refractivity contribution in [3.05, 3.63) is 23.8 Å². The number of carbonyl (C=O) groups excluding carboxylic acids is 1. The van der Waals surface area contributed by atoms with Crippen LogP contribution in [0.4, 0.5) is 11.4 Å². The van der Waals surface area contributed by atoms with Crippen molar-refractivity contribution < 1.29 is 14.6 Å². The van der Waals surface area contributed by atoms with E-state index in [-0.39, 0.29) is 6.61 Å². The fourth-order valence-corrected chi connectivity index (χ4v) is 1.81. The third-order valence-corrected chi connectivity index (χ3v) is 2.73. The van der Waals surface area contributed by atoms with Gasteiger partial charge in [0.25, 0.3) is 0 Å². The lowest BCUT2D eigenvalue weighted by atomic mass is 10.1. The van der Waals surface area contributed by atoms with E-state index in [0.717, 1.165) is 12.2 Å². The summed E-state index contributed by atoms with van der Waals surface area (Å²) in [7, 11) is 1.35. The highest BCUT2D eigenvalue weighted by Crippen LogP contribution is 2.24. The van der Waals surface area contributed by atoms with Gasteiger partial charge in [0.1, 0.15) is 0 Å². The van der Waals surface area contributed by atoms with E-state index in [1.54, 1.807) is 12.1 Å². The Hall–Kier alpha value is -1.75. The van der Waals surface area contributed by atoms with E-state index >= 15 is 0 Å². The summed E-state index contributed by atoms with van der Waals surface area (Å²) in [5.41, 5.74) is 7.46. The van der Waals surface area contributed by atoms with Crippen LogP contribution in [0.3, 0.4) is 0 Å². The number of nitrogens with zero attached hydrogens (tertiary/aromatic N) is 1. The Kier molecular flexibility index (Phi) is 5.45. The van der Waals surface area contributed by atoms with Crippen molar-refractivity contribution in [2.75, 3.05) is 37.4 Å². The van der Waals surface area contributed by atoms with Crippen LogP contribution in [0.15, 0.2) is 18.2 Å². The van der Waals surface area contributed by atoms with E-state index in [2.05, 4.69) is 0 Å². The van der Waals surface area contributed by atoms with Crippen LogP contribution in [0.25, 0.3) is 0 Å². The van der Waals surface area contributed by atoms with Crippen LogP contribution in [0.1, 0.15) is 23.7 Å². The first-order valence-electron chi connectivity index (χ1n) is 5.97. The molecular weight excluding hydrogens is 232 g/mol. The number of aliphatic hydroxyl groups excluding tert-OH is 1. The van der Waals surface area contributed by atoms with Crippen LogP contribution < -0.4 is 10.6 Å². The minimum Gasteiger partial charge on any atom is -0.465 e. The number of aliphatic hydroxyl groups is 1. The average molecular weight is 252 g/mol. The van der Waals surface area contributed by atoms with E-state index in [4.69, 9.17) is 15.6 Å². The average Bonchev–Trinajstić information content (AvgIpc) is 2.39. The van der Waals surface area contributed by atoms with E-state index in [1.807, 2.05) is 17.9 Å². The van der Waals surface area contributed by atoms with Gasteiger partial charge >= 0.3 is 5.97 Å². The van der Waals surface area contributed by atoms with E-state index in [9.17, 15) is 4.79 Å². The highest BCUT2D eigenvalue weighted by molar-refractivity contribution is 5.96. The molecule has 1 rings (SSSR count). The van der Waals surface area contributed by atoms with Gasteiger partial charge in [0.05, 0.1) is 18.4 Å². The predicted octanol–water partition coefficient (Wildman–Crippen LogP) is 1.26. The minimum absolute atomic E-state index is 0.124. The lowest BCUT2D eigenvalue weighted by Gasteiger charge is -2.25. The van der Waals surface area contributed by atoms with E-state index in [0.29, 0.717) is 24.2 Å². The van der Waals surface area contributed by atoms with Crippen LogP contribution in [0, 0.1) is 0 Å². The molecule has 0 fully saturated rings. The van der Waals surface area contributed by atoms with Gasteiger partial charge in [-0.3, -0.25) is 0 Å². The minimum atomic E-state index is -0.403. The second kappa shape index (κ2) is 6.86. The van der Waals surface area contributed by atoms with Crippen LogP contribution in [0.2, 0.25) is 0 Å². The Morgan fingerprint density at radius 1 is 1.50 bits per heavy atom. The molecule has 0 amide bonds. The number of nitrogens with two attached hydrogens (primary N) is 1. The summed E-state index contributed by atoms with van der Waals surface area (Å²) < 4.78 is 4.76. The summed E-state index contributed by atoms with van der Waals surface area (Å²) in [5, 5.41) is 8.89. The Labute approximate surface area is 107 Å². The smallest absolute Gasteiger partial charge is 0.340 e. The molecule has 0 spiro atoms. The summed E-state index contributed by atoms with van der Waals surface area (Å²) in [6, 6.07) is 5.18. The molecule has 1 aromatic rings. The second-order valence-corrected chi connectivity index (χ2v) is 3.92. The van der Waals surface area contributed by atoms with Gasteiger partial charge < -0.3 is 20.5 Å². The summed E-state index contributed by atoms with van der Waals surface area (Å²) >= 11 is 0. The molecule has 1 aromatic carbocycles. The van der Waals surface area contributed by atoms with Gasteiger partial charge in [0.15, 0.2) is 0 Å². The van der Waals surface area contributed by atoms with Crippen LogP contribution in [-0.2, 0) is 4.74 Å². The Bertz CT molecular complexity index is 407. The number of ether oxygens (including phenoxy) is 1. The van der Waals surface area contributed by atoms with Crippen LogP contribution in [0.5, 0.6) is 0 Å². The zero-order valence-electron chi connectivity index (χ0n) is 10.8. The third kappa shape index (κ3) is 3.37. The zero-order chi connectivity index (χ0) is 13.5. The Morgan fingerprint density at radius 2 is 2.22 bits per heavy atom. The molecule has 0 unspecified atom stereocenters. The number of rotatable bonds is 6. The Balaban J connectivity index is 3.08. The first kappa shape index (κ1) is 14.3. The van der Waals surface area contributed by atoms with E-state index < -0.39 is 5.97 Å².